The lowest BCUT2D eigenvalue weighted by Gasteiger charge is -2.31. The second-order valence-electron chi connectivity index (χ2n) is 3.54. The molecule has 0 aromatic heterocycles. The Morgan fingerprint density at radius 1 is 1.50 bits per heavy atom. The number of hydrogen-bond acceptors (Lipinski definition) is 0. The molecule has 1 radical (unpaired) electrons. The first-order valence-corrected chi connectivity index (χ1v) is 3.66. The maximum atomic E-state index is 2.47. The van der Waals surface area contributed by atoms with Crippen molar-refractivity contribution in [1.82, 2.24) is 0 Å². The third-order valence-electron chi connectivity index (χ3n) is 2.89. The largest absolute Gasteiger partial charge is 0.0591 e. The molecule has 1 unspecified atom stereocenters. The van der Waals surface area contributed by atoms with Crippen molar-refractivity contribution in [3.8, 4) is 0 Å². The summed E-state index contributed by atoms with van der Waals surface area (Å²) in [6.45, 7) is 2.40. The van der Waals surface area contributed by atoms with Crippen molar-refractivity contribution in [2.45, 2.75) is 32.6 Å². The summed E-state index contributed by atoms with van der Waals surface area (Å²) in [4.78, 5) is 0. The van der Waals surface area contributed by atoms with Gasteiger partial charge in [-0.3, -0.25) is 0 Å². The summed E-state index contributed by atoms with van der Waals surface area (Å²) in [5.74, 6) is 1.09. The van der Waals surface area contributed by atoms with Gasteiger partial charge in [0.2, 0.25) is 0 Å². The Kier molecular flexibility index (Phi) is 0.778. The Balaban J connectivity index is 1.95. The van der Waals surface area contributed by atoms with Crippen molar-refractivity contribution >= 4 is 0 Å². The lowest BCUT2D eigenvalue weighted by molar-refractivity contribution is 0.212. The summed E-state index contributed by atoms with van der Waals surface area (Å²) in [6.07, 6.45) is 8.38. The first-order chi connectivity index (χ1) is 3.81. The topological polar surface area (TPSA) is 0 Å². The fourth-order valence-electron chi connectivity index (χ4n) is 1.56. The molecule has 2 saturated carbocycles. The second-order valence-corrected chi connectivity index (χ2v) is 3.54. The molecule has 8 heavy (non-hydrogen) atoms. The molecule has 0 bridgehead atoms. The van der Waals surface area contributed by atoms with Crippen LogP contribution in [0.15, 0.2) is 0 Å². The molecule has 2 aliphatic carbocycles. The maximum absolute atomic E-state index is 2.47. The van der Waals surface area contributed by atoms with E-state index in [-0.39, 0.29) is 0 Å². The molecule has 1 atom stereocenters. The van der Waals surface area contributed by atoms with E-state index < -0.39 is 0 Å². The SMILES string of the molecule is CC1(C2CCC2)[CH]C1. The van der Waals surface area contributed by atoms with Gasteiger partial charge in [-0.2, -0.15) is 0 Å². The molecule has 2 fully saturated rings. The lowest BCUT2D eigenvalue weighted by atomic mass is 9.74. The highest BCUT2D eigenvalue weighted by molar-refractivity contribution is 5.12. The van der Waals surface area contributed by atoms with E-state index in [4.69, 9.17) is 0 Å². The zero-order valence-corrected chi connectivity index (χ0v) is 5.48. The molecule has 0 spiro atoms. The zero-order chi connectivity index (χ0) is 5.61. The molecule has 0 N–H and O–H groups in total. The fraction of sp³-hybridized carbons (Fsp3) is 0.875. The van der Waals surface area contributed by atoms with Gasteiger partial charge in [-0.25, -0.2) is 0 Å². The lowest BCUT2D eigenvalue weighted by Crippen LogP contribution is -2.20. The summed E-state index contributed by atoms with van der Waals surface area (Å²) >= 11 is 0. The van der Waals surface area contributed by atoms with Crippen molar-refractivity contribution in [3.63, 3.8) is 0 Å². The van der Waals surface area contributed by atoms with Crippen molar-refractivity contribution in [2.24, 2.45) is 11.3 Å². The summed E-state index contributed by atoms with van der Waals surface area (Å²) < 4.78 is 0. The predicted molar refractivity (Wildman–Crippen MR) is 34.4 cm³/mol. The van der Waals surface area contributed by atoms with E-state index in [9.17, 15) is 0 Å². The molecule has 0 aliphatic heterocycles. The number of hydrogen-bond donors (Lipinski definition) is 0. The third-order valence-corrected chi connectivity index (χ3v) is 2.89. The van der Waals surface area contributed by atoms with E-state index in [2.05, 4.69) is 13.3 Å². The van der Waals surface area contributed by atoms with E-state index >= 15 is 0 Å². The van der Waals surface area contributed by atoms with E-state index in [1.54, 1.807) is 0 Å². The summed E-state index contributed by atoms with van der Waals surface area (Å²) in [5, 5.41) is 0. The monoisotopic (exact) mass is 109 g/mol. The van der Waals surface area contributed by atoms with Gasteiger partial charge in [0.05, 0.1) is 0 Å². The molecule has 2 rings (SSSR count). The third kappa shape index (κ3) is 0.519. The van der Waals surface area contributed by atoms with Crippen LogP contribution in [0.5, 0.6) is 0 Å². The van der Waals surface area contributed by atoms with E-state index in [0.29, 0.717) is 0 Å². The van der Waals surface area contributed by atoms with Gasteiger partial charge in [0.25, 0.3) is 0 Å². The van der Waals surface area contributed by atoms with Gasteiger partial charge in [-0.15, -0.1) is 0 Å². The molecule has 0 heterocycles. The summed E-state index contributed by atoms with van der Waals surface area (Å²) in [6, 6.07) is 0. The predicted octanol–water partition coefficient (Wildman–Crippen LogP) is 2.40. The molecule has 0 aromatic carbocycles. The molecule has 0 saturated heterocycles. The van der Waals surface area contributed by atoms with Crippen LogP contribution < -0.4 is 0 Å². The van der Waals surface area contributed by atoms with Gasteiger partial charge in [0.1, 0.15) is 0 Å². The molecule has 0 nitrogen and oxygen atoms in total. The van der Waals surface area contributed by atoms with E-state index in [1.165, 1.54) is 25.7 Å². The van der Waals surface area contributed by atoms with Crippen LogP contribution in [0, 0.1) is 17.8 Å². The van der Waals surface area contributed by atoms with Gasteiger partial charge in [-0.05, 0) is 37.0 Å². The Morgan fingerprint density at radius 3 is 2.25 bits per heavy atom. The average Bonchev–Trinajstić information content (AvgIpc) is 2.12. The highest BCUT2D eigenvalue weighted by atomic mass is 14.5. The van der Waals surface area contributed by atoms with Crippen LogP contribution in [0.1, 0.15) is 32.6 Å². The molecule has 0 aromatic rings. The van der Waals surface area contributed by atoms with Crippen molar-refractivity contribution < 1.29 is 0 Å². The van der Waals surface area contributed by atoms with Crippen molar-refractivity contribution in [2.75, 3.05) is 0 Å². The first-order valence-electron chi connectivity index (χ1n) is 3.66. The highest BCUT2D eigenvalue weighted by Gasteiger charge is 2.46. The Hall–Kier alpha value is 0. The van der Waals surface area contributed by atoms with Gasteiger partial charge < -0.3 is 0 Å². The normalized spacial score (nSPS) is 34.1. The minimum atomic E-state index is 0.720. The molecular formula is C8H13. The van der Waals surface area contributed by atoms with E-state index in [1.807, 2.05) is 0 Å². The van der Waals surface area contributed by atoms with Gasteiger partial charge >= 0.3 is 0 Å². The fourth-order valence-corrected chi connectivity index (χ4v) is 1.56. The maximum Gasteiger partial charge on any atom is -0.0263 e. The van der Waals surface area contributed by atoms with Gasteiger partial charge in [0, 0.05) is 0 Å². The number of rotatable bonds is 1. The van der Waals surface area contributed by atoms with Crippen LogP contribution in [0.4, 0.5) is 0 Å². The first kappa shape index (κ1) is 4.84. The molecule has 0 heteroatoms. The Bertz CT molecular complexity index is 96.6. The van der Waals surface area contributed by atoms with Crippen LogP contribution in [0.25, 0.3) is 0 Å². The summed E-state index contributed by atoms with van der Waals surface area (Å²) in [7, 11) is 0. The molecule has 2 aliphatic rings. The summed E-state index contributed by atoms with van der Waals surface area (Å²) in [5.41, 5.74) is 0.720. The highest BCUT2D eigenvalue weighted by Crippen LogP contribution is 2.57. The van der Waals surface area contributed by atoms with Gasteiger partial charge in [-0.1, -0.05) is 13.3 Å². The zero-order valence-electron chi connectivity index (χ0n) is 5.48. The smallest absolute Gasteiger partial charge is 0.0263 e. The minimum Gasteiger partial charge on any atom is -0.0591 e. The average molecular weight is 109 g/mol. The van der Waals surface area contributed by atoms with Crippen LogP contribution in [0.2, 0.25) is 0 Å². The molecular weight excluding hydrogens is 96.1 g/mol. The van der Waals surface area contributed by atoms with Crippen molar-refractivity contribution in [3.05, 3.63) is 6.42 Å². The van der Waals surface area contributed by atoms with Gasteiger partial charge in [0.15, 0.2) is 0 Å². The standard InChI is InChI=1S/C8H13/c1-8(5-6-8)7-3-2-4-7/h5,7H,2-4,6H2,1H3. The van der Waals surface area contributed by atoms with Crippen LogP contribution in [-0.2, 0) is 0 Å². The molecule has 0 amide bonds. The van der Waals surface area contributed by atoms with Crippen LogP contribution in [-0.4, -0.2) is 0 Å². The minimum absolute atomic E-state index is 0.720. The van der Waals surface area contributed by atoms with Crippen LogP contribution >= 0.6 is 0 Å². The molecule has 45 valence electrons. The Morgan fingerprint density at radius 2 is 2.12 bits per heavy atom. The second kappa shape index (κ2) is 1.29. The Labute approximate surface area is 51.3 Å². The van der Waals surface area contributed by atoms with E-state index in [0.717, 1.165) is 11.3 Å². The quantitative estimate of drug-likeness (QED) is 0.485. The van der Waals surface area contributed by atoms with Crippen LogP contribution in [0.3, 0.4) is 0 Å². The van der Waals surface area contributed by atoms with Crippen molar-refractivity contribution in [1.29, 1.82) is 0 Å².